The number of nitrogens with zero attached hydrogens (tertiary/aromatic N) is 1. The Morgan fingerprint density at radius 2 is 2.00 bits per heavy atom. The number of hydrogen-bond donors (Lipinski definition) is 1. The van der Waals surface area contributed by atoms with Crippen molar-refractivity contribution >= 4 is 46.4 Å². The molecule has 0 aliphatic heterocycles. The van der Waals surface area contributed by atoms with E-state index in [9.17, 15) is 14.4 Å². The van der Waals surface area contributed by atoms with Crippen LogP contribution in [0.15, 0.2) is 48.7 Å². The van der Waals surface area contributed by atoms with E-state index in [4.69, 9.17) is 11.6 Å². The monoisotopic (exact) mass is 370 g/mol. The van der Waals surface area contributed by atoms with Crippen molar-refractivity contribution in [2.45, 2.75) is 6.54 Å². The number of rotatable bonds is 5. The van der Waals surface area contributed by atoms with Crippen LogP contribution in [0.2, 0.25) is 5.02 Å². The lowest BCUT2D eigenvalue weighted by atomic mass is 10.2. The molecule has 2 aromatic carbocycles. The molecule has 0 saturated carbocycles. The Hall–Kier alpha value is -3.12. The topological polar surface area (TPSA) is 77.4 Å². The number of aldehydes is 1. The highest BCUT2D eigenvalue weighted by molar-refractivity contribution is 6.33. The maximum atomic E-state index is 12.4. The third kappa shape index (κ3) is 3.45. The fourth-order valence-corrected chi connectivity index (χ4v) is 2.92. The molecule has 0 bridgehead atoms. The molecule has 0 aliphatic rings. The van der Waals surface area contributed by atoms with Gasteiger partial charge in [0.05, 0.1) is 17.7 Å². The second-order valence-electron chi connectivity index (χ2n) is 5.58. The first-order valence-corrected chi connectivity index (χ1v) is 8.12. The molecule has 132 valence electrons. The van der Waals surface area contributed by atoms with Gasteiger partial charge in [-0.1, -0.05) is 29.8 Å². The average Bonchev–Trinajstić information content (AvgIpc) is 3.00. The van der Waals surface area contributed by atoms with Crippen LogP contribution in [-0.4, -0.2) is 29.8 Å². The van der Waals surface area contributed by atoms with Crippen LogP contribution in [0.25, 0.3) is 10.9 Å². The van der Waals surface area contributed by atoms with Crippen molar-refractivity contribution in [3.63, 3.8) is 0 Å². The smallest absolute Gasteiger partial charge is 0.339 e. The Labute approximate surface area is 154 Å². The number of nitrogens with one attached hydrogen (secondary N) is 1. The minimum absolute atomic E-state index is 0.0184. The highest BCUT2D eigenvalue weighted by Gasteiger charge is 2.14. The van der Waals surface area contributed by atoms with Gasteiger partial charge in [-0.15, -0.1) is 0 Å². The van der Waals surface area contributed by atoms with E-state index in [0.29, 0.717) is 11.3 Å². The van der Waals surface area contributed by atoms with Crippen LogP contribution in [0.5, 0.6) is 0 Å². The predicted molar refractivity (Wildman–Crippen MR) is 98.7 cm³/mol. The molecule has 26 heavy (non-hydrogen) atoms. The van der Waals surface area contributed by atoms with Crippen molar-refractivity contribution < 1.29 is 19.1 Å². The molecule has 3 rings (SSSR count). The zero-order valence-corrected chi connectivity index (χ0v) is 14.6. The van der Waals surface area contributed by atoms with Crippen LogP contribution in [-0.2, 0) is 16.1 Å². The molecular formula is C19H15ClN2O4. The van der Waals surface area contributed by atoms with Gasteiger partial charge in [-0.2, -0.15) is 0 Å². The van der Waals surface area contributed by atoms with Gasteiger partial charge in [-0.25, -0.2) is 4.79 Å². The van der Waals surface area contributed by atoms with E-state index in [1.54, 1.807) is 16.8 Å². The Morgan fingerprint density at radius 1 is 1.23 bits per heavy atom. The molecule has 1 N–H and O–H groups in total. The second kappa shape index (κ2) is 7.41. The van der Waals surface area contributed by atoms with Crippen molar-refractivity contribution in [2.75, 3.05) is 12.4 Å². The number of halogens is 1. The lowest BCUT2D eigenvalue weighted by molar-refractivity contribution is -0.116. The molecule has 0 saturated heterocycles. The highest BCUT2D eigenvalue weighted by atomic mass is 35.5. The zero-order valence-electron chi connectivity index (χ0n) is 13.9. The van der Waals surface area contributed by atoms with E-state index >= 15 is 0 Å². The molecule has 3 aromatic rings. The van der Waals surface area contributed by atoms with E-state index in [1.165, 1.54) is 19.2 Å². The predicted octanol–water partition coefficient (Wildman–Crippen LogP) is 3.53. The maximum Gasteiger partial charge on any atom is 0.339 e. The van der Waals surface area contributed by atoms with Crippen molar-refractivity contribution in [3.05, 3.63) is 64.8 Å². The highest BCUT2D eigenvalue weighted by Crippen LogP contribution is 2.22. The minimum atomic E-state index is -0.585. The number of amides is 1. The molecule has 0 fully saturated rings. The van der Waals surface area contributed by atoms with Gasteiger partial charge in [0, 0.05) is 28.4 Å². The fraction of sp³-hybridized carbons (Fsp3) is 0.105. The molecule has 0 aliphatic carbocycles. The quantitative estimate of drug-likeness (QED) is 0.550. The standard InChI is InChI=1S/C19H15ClN2O4/c1-26-19(25)15-8-13(6-7-16(15)20)21-18(24)10-22-9-12(11-23)14-4-2-3-5-17(14)22/h2-9,11H,10H2,1H3,(H,21,24). The fourth-order valence-electron chi connectivity index (χ4n) is 2.72. The van der Waals surface area contributed by atoms with Gasteiger partial charge in [-0.05, 0) is 24.3 Å². The van der Waals surface area contributed by atoms with Crippen LogP contribution in [0.1, 0.15) is 20.7 Å². The number of para-hydroxylation sites is 1. The van der Waals surface area contributed by atoms with Crippen molar-refractivity contribution in [1.29, 1.82) is 0 Å². The Bertz CT molecular complexity index is 1010. The number of esters is 1. The number of hydrogen-bond acceptors (Lipinski definition) is 4. The summed E-state index contributed by atoms with van der Waals surface area (Å²) < 4.78 is 6.36. The number of anilines is 1. The minimum Gasteiger partial charge on any atom is -0.465 e. The molecule has 0 unspecified atom stereocenters. The number of benzene rings is 2. The maximum absolute atomic E-state index is 12.4. The first-order chi connectivity index (χ1) is 12.5. The number of methoxy groups -OCH3 is 1. The van der Waals surface area contributed by atoms with Gasteiger partial charge in [0.25, 0.3) is 0 Å². The number of carbonyl (C=O) groups is 3. The lowest BCUT2D eigenvalue weighted by Crippen LogP contribution is -2.18. The third-order valence-electron chi connectivity index (χ3n) is 3.92. The van der Waals surface area contributed by atoms with Gasteiger partial charge < -0.3 is 14.6 Å². The Balaban J connectivity index is 1.82. The summed E-state index contributed by atoms with van der Waals surface area (Å²) in [7, 11) is 1.26. The summed E-state index contributed by atoms with van der Waals surface area (Å²) in [5.41, 5.74) is 1.90. The van der Waals surface area contributed by atoms with Crippen molar-refractivity contribution in [1.82, 2.24) is 4.57 Å². The van der Waals surface area contributed by atoms with Crippen LogP contribution in [0, 0.1) is 0 Å². The molecule has 1 aromatic heterocycles. The first kappa shape index (κ1) is 17.7. The van der Waals surface area contributed by atoms with Gasteiger partial charge in [0.1, 0.15) is 6.54 Å². The zero-order chi connectivity index (χ0) is 18.7. The van der Waals surface area contributed by atoms with E-state index in [2.05, 4.69) is 10.1 Å². The van der Waals surface area contributed by atoms with Gasteiger partial charge in [-0.3, -0.25) is 9.59 Å². The molecule has 6 nitrogen and oxygen atoms in total. The van der Waals surface area contributed by atoms with Gasteiger partial charge >= 0.3 is 5.97 Å². The largest absolute Gasteiger partial charge is 0.465 e. The van der Waals surface area contributed by atoms with Crippen molar-refractivity contribution in [3.8, 4) is 0 Å². The Kier molecular flexibility index (Phi) is 5.04. The van der Waals surface area contributed by atoms with E-state index < -0.39 is 5.97 Å². The summed E-state index contributed by atoms with van der Waals surface area (Å²) in [6.07, 6.45) is 2.40. The van der Waals surface area contributed by atoms with E-state index in [-0.39, 0.29) is 23.0 Å². The lowest BCUT2D eigenvalue weighted by Gasteiger charge is -2.09. The molecule has 0 atom stereocenters. The first-order valence-electron chi connectivity index (χ1n) is 7.74. The second-order valence-corrected chi connectivity index (χ2v) is 5.99. The van der Waals surface area contributed by atoms with Crippen LogP contribution in [0.4, 0.5) is 5.69 Å². The number of aromatic nitrogens is 1. The summed E-state index contributed by atoms with van der Waals surface area (Å²) in [5.74, 6) is -0.889. The molecule has 0 radical (unpaired) electrons. The Morgan fingerprint density at radius 3 is 2.73 bits per heavy atom. The molecule has 0 spiro atoms. The molecular weight excluding hydrogens is 356 g/mol. The van der Waals surface area contributed by atoms with Crippen LogP contribution < -0.4 is 5.32 Å². The summed E-state index contributed by atoms with van der Waals surface area (Å²) in [6.45, 7) is 0.0184. The number of ether oxygens (including phenoxy) is 1. The van der Waals surface area contributed by atoms with E-state index in [1.807, 2.05) is 24.3 Å². The normalized spacial score (nSPS) is 10.5. The van der Waals surface area contributed by atoms with Crippen molar-refractivity contribution in [2.24, 2.45) is 0 Å². The third-order valence-corrected chi connectivity index (χ3v) is 4.25. The van der Waals surface area contributed by atoms with E-state index in [0.717, 1.165) is 17.2 Å². The average molecular weight is 371 g/mol. The summed E-state index contributed by atoms with van der Waals surface area (Å²) in [6, 6.07) is 11.9. The summed E-state index contributed by atoms with van der Waals surface area (Å²) in [5, 5.41) is 3.74. The molecule has 7 heteroatoms. The molecule has 1 heterocycles. The number of fused-ring (bicyclic) bond motifs is 1. The van der Waals surface area contributed by atoms with Crippen LogP contribution in [0.3, 0.4) is 0 Å². The SMILES string of the molecule is COC(=O)c1cc(NC(=O)Cn2cc(C=O)c3ccccc32)ccc1Cl. The van der Waals surface area contributed by atoms with Gasteiger partial charge in [0.2, 0.25) is 5.91 Å². The summed E-state index contributed by atoms with van der Waals surface area (Å²) in [4.78, 5) is 35.3. The van der Waals surface area contributed by atoms with Gasteiger partial charge in [0.15, 0.2) is 6.29 Å². The van der Waals surface area contributed by atoms with Crippen LogP contribution >= 0.6 is 11.6 Å². The number of carbonyl (C=O) groups excluding carboxylic acids is 3. The molecule has 1 amide bonds. The summed E-state index contributed by atoms with van der Waals surface area (Å²) >= 11 is 5.97.